The van der Waals surface area contributed by atoms with Crippen molar-refractivity contribution in [2.24, 2.45) is 0 Å². The monoisotopic (exact) mass is 295 g/mol. The molecule has 1 aromatic carbocycles. The summed E-state index contributed by atoms with van der Waals surface area (Å²) in [5.74, 6) is -0.735. The molecule has 0 radical (unpaired) electrons. The third-order valence-corrected chi connectivity index (χ3v) is 3.00. The predicted octanol–water partition coefficient (Wildman–Crippen LogP) is 1.06. The van der Waals surface area contributed by atoms with Crippen LogP contribution in [0.5, 0.6) is 17.2 Å². The van der Waals surface area contributed by atoms with Crippen LogP contribution in [0, 0.1) is 0 Å². The zero-order valence-corrected chi connectivity index (χ0v) is 11.8. The average Bonchev–Trinajstić information content (AvgIpc) is 3.27. The van der Waals surface area contributed by atoms with Gasteiger partial charge in [0.05, 0.1) is 19.8 Å². The first-order chi connectivity index (χ1) is 10.0. The quantitative estimate of drug-likeness (QED) is 0.781. The second-order valence-electron chi connectivity index (χ2n) is 4.65. The molecule has 1 saturated carbocycles. The molecule has 0 heterocycles. The van der Waals surface area contributed by atoms with Gasteiger partial charge in [-0.15, -0.1) is 0 Å². The van der Waals surface area contributed by atoms with E-state index < -0.39 is 5.97 Å². The Bertz CT molecular complexity index is 527. The second kappa shape index (κ2) is 6.34. The lowest BCUT2D eigenvalue weighted by molar-refractivity contribution is -0.123. The summed E-state index contributed by atoms with van der Waals surface area (Å²) in [7, 11) is 2.77. The number of carbonyl (C=O) groups excluding carboxylic acids is 1. The Morgan fingerprint density at radius 3 is 2.24 bits per heavy atom. The SMILES string of the molecule is COc1cc(C(=O)O)cc(OC)c1OCC(=O)NC1CC1. The average molecular weight is 295 g/mol. The van der Waals surface area contributed by atoms with Gasteiger partial charge < -0.3 is 24.6 Å². The highest BCUT2D eigenvalue weighted by Crippen LogP contribution is 2.38. The Morgan fingerprint density at radius 2 is 1.81 bits per heavy atom. The number of amides is 1. The fraction of sp³-hybridized carbons (Fsp3) is 0.429. The molecule has 1 amide bonds. The maximum Gasteiger partial charge on any atom is 0.335 e. The summed E-state index contributed by atoms with van der Waals surface area (Å²) < 4.78 is 15.6. The van der Waals surface area contributed by atoms with Gasteiger partial charge in [-0.1, -0.05) is 0 Å². The molecule has 0 aromatic heterocycles. The van der Waals surface area contributed by atoms with Gasteiger partial charge in [0.1, 0.15) is 0 Å². The molecule has 1 aliphatic carbocycles. The second-order valence-corrected chi connectivity index (χ2v) is 4.65. The third kappa shape index (κ3) is 3.77. The molecule has 21 heavy (non-hydrogen) atoms. The standard InChI is InChI=1S/C14H17NO6/c1-19-10-5-8(14(17)18)6-11(20-2)13(10)21-7-12(16)15-9-3-4-9/h5-6,9H,3-4,7H2,1-2H3,(H,15,16)(H,17,18). The van der Waals surface area contributed by atoms with Crippen LogP contribution >= 0.6 is 0 Å². The number of benzene rings is 1. The van der Waals surface area contributed by atoms with E-state index in [2.05, 4.69) is 5.32 Å². The summed E-state index contributed by atoms with van der Waals surface area (Å²) in [6.45, 7) is -0.185. The number of hydrogen-bond acceptors (Lipinski definition) is 5. The summed E-state index contributed by atoms with van der Waals surface area (Å²) in [6.07, 6.45) is 1.98. The van der Waals surface area contributed by atoms with E-state index in [1.54, 1.807) is 0 Å². The summed E-state index contributed by atoms with van der Waals surface area (Å²) in [5.41, 5.74) is 0.0125. The first-order valence-corrected chi connectivity index (χ1v) is 6.46. The Kier molecular flexibility index (Phi) is 4.52. The van der Waals surface area contributed by atoms with Gasteiger partial charge in [-0.2, -0.15) is 0 Å². The minimum atomic E-state index is -1.11. The van der Waals surface area contributed by atoms with E-state index in [0.717, 1.165) is 12.8 Å². The molecule has 0 unspecified atom stereocenters. The molecule has 0 bridgehead atoms. The fourth-order valence-electron chi connectivity index (χ4n) is 1.78. The largest absolute Gasteiger partial charge is 0.493 e. The van der Waals surface area contributed by atoms with Gasteiger partial charge in [0.15, 0.2) is 18.1 Å². The highest BCUT2D eigenvalue weighted by molar-refractivity contribution is 5.89. The van der Waals surface area contributed by atoms with E-state index in [1.165, 1.54) is 26.4 Å². The fourth-order valence-corrected chi connectivity index (χ4v) is 1.78. The summed E-state index contributed by atoms with van der Waals surface area (Å²) >= 11 is 0. The summed E-state index contributed by atoms with van der Waals surface area (Å²) in [4.78, 5) is 22.7. The van der Waals surface area contributed by atoms with Crippen molar-refractivity contribution >= 4 is 11.9 Å². The highest BCUT2D eigenvalue weighted by Gasteiger charge is 2.24. The Labute approximate surface area is 121 Å². The van der Waals surface area contributed by atoms with E-state index in [-0.39, 0.29) is 41.4 Å². The number of carboxylic acids is 1. The molecule has 7 nitrogen and oxygen atoms in total. The molecule has 1 fully saturated rings. The van der Waals surface area contributed by atoms with Crippen molar-refractivity contribution in [3.8, 4) is 17.2 Å². The van der Waals surface area contributed by atoms with Gasteiger partial charge in [0.2, 0.25) is 5.75 Å². The molecular formula is C14H17NO6. The van der Waals surface area contributed by atoms with Gasteiger partial charge in [0.25, 0.3) is 5.91 Å². The van der Waals surface area contributed by atoms with Crippen molar-refractivity contribution in [3.63, 3.8) is 0 Å². The number of aromatic carboxylic acids is 1. The summed E-state index contributed by atoms with van der Waals surface area (Å²) in [5, 5.41) is 11.8. The molecule has 1 aliphatic rings. The third-order valence-electron chi connectivity index (χ3n) is 3.00. The van der Waals surface area contributed by atoms with Gasteiger partial charge in [-0.05, 0) is 25.0 Å². The van der Waals surface area contributed by atoms with Crippen LogP contribution in [-0.4, -0.2) is 43.9 Å². The van der Waals surface area contributed by atoms with E-state index in [9.17, 15) is 9.59 Å². The minimum Gasteiger partial charge on any atom is -0.493 e. The van der Waals surface area contributed by atoms with E-state index >= 15 is 0 Å². The number of ether oxygens (including phenoxy) is 3. The number of rotatable bonds is 7. The van der Waals surface area contributed by atoms with Gasteiger partial charge >= 0.3 is 5.97 Å². The number of hydrogen-bond donors (Lipinski definition) is 2. The first-order valence-electron chi connectivity index (χ1n) is 6.46. The van der Waals surface area contributed by atoms with Crippen molar-refractivity contribution in [2.75, 3.05) is 20.8 Å². The van der Waals surface area contributed by atoms with Gasteiger partial charge in [-0.3, -0.25) is 4.79 Å². The van der Waals surface area contributed by atoms with Crippen LogP contribution in [0.2, 0.25) is 0 Å². The minimum absolute atomic E-state index is 0.0125. The molecule has 2 N–H and O–H groups in total. The Hall–Kier alpha value is -2.44. The van der Waals surface area contributed by atoms with Crippen LogP contribution in [0.3, 0.4) is 0 Å². The van der Waals surface area contributed by atoms with Crippen LogP contribution in [-0.2, 0) is 4.79 Å². The van der Waals surface area contributed by atoms with Gasteiger partial charge in [-0.25, -0.2) is 4.79 Å². The van der Waals surface area contributed by atoms with Gasteiger partial charge in [0, 0.05) is 6.04 Å². The van der Waals surface area contributed by atoms with Crippen molar-refractivity contribution in [2.45, 2.75) is 18.9 Å². The lowest BCUT2D eigenvalue weighted by Gasteiger charge is -2.15. The van der Waals surface area contributed by atoms with Crippen LogP contribution in [0.25, 0.3) is 0 Å². The van der Waals surface area contributed by atoms with Crippen molar-refractivity contribution in [3.05, 3.63) is 17.7 Å². The molecule has 2 rings (SSSR count). The maximum atomic E-state index is 11.6. The topological polar surface area (TPSA) is 94.1 Å². The molecule has 0 atom stereocenters. The Balaban J connectivity index is 2.15. The zero-order chi connectivity index (χ0) is 15.4. The molecular weight excluding hydrogens is 278 g/mol. The van der Waals surface area contributed by atoms with Crippen LogP contribution in [0.1, 0.15) is 23.2 Å². The Morgan fingerprint density at radius 1 is 1.24 bits per heavy atom. The van der Waals surface area contributed by atoms with Crippen molar-refractivity contribution in [1.29, 1.82) is 0 Å². The van der Waals surface area contributed by atoms with E-state index in [4.69, 9.17) is 19.3 Å². The normalized spacial score (nSPS) is 13.4. The van der Waals surface area contributed by atoms with Crippen LogP contribution in [0.15, 0.2) is 12.1 Å². The number of carboxylic acid groups (broad SMARTS) is 1. The molecule has 0 spiro atoms. The molecule has 114 valence electrons. The lowest BCUT2D eigenvalue weighted by atomic mass is 10.2. The van der Waals surface area contributed by atoms with Crippen LogP contribution < -0.4 is 19.5 Å². The smallest absolute Gasteiger partial charge is 0.335 e. The lowest BCUT2D eigenvalue weighted by Crippen LogP contribution is -2.30. The number of carbonyl (C=O) groups is 2. The molecule has 1 aromatic rings. The van der Waals surface area contributed by atoms with Crippen molar-refractivity contribution in [1.82, 2.24) is 5.32 Å². The number of methoxy groups -OCH3 is 2. The van der Waals surface area contributed by atoms with E-state index in [1.807, 2.05) is 0 Å². The van der Waals surface area contributed by atoms with Crippen LogP contribution in [0.4, 0.5) is 0 Å². The first kappa shape index (κ1) is 15.0. The maximum absolute atomic E-state index is 11.6. The zero-order valence-electron chi connectivity index (χ0n) is 11.8. The molecule has 0 aliphatic heterocycles. The highest BCUT2D eigenvalue weighted by atomic mass is 16.5. The van der Waals surface area contributed by atoms with E-state index in [0.29, 0.717) is 0 Å². The molecule has 0 saturated heterocycles. The summed E-state index contributed by atoms with van der Waals surface area (Å²) in [6, 6.07) is 2.89. The molecule has 7 heteroatoms. The predicted molar refractivity (Wildman–Crippen MR) is 73.2 cm³/mol. The number of nitrogens with one attached hydrogen (secondary N) is 1. The van der Waals surface area contributed by atoms with Crippen molar-refractivity contribution < 1.29 is 28.9 Å².